The van der Waals surface area contributed by atoms with Gasteiger partial charge in [-0.25, -0.2) is 0 Å². The Balaban J connectivity index is 3.06. The zero-order valence-electron chi connectivity index (χ0n) is 8.20. The van der Waals surface area contributed by atoms with Gasteiger partial charge >= 0.3 is 0 Å². The summed E-state index contributed by atoms with van der Waals surface area (Å²) in [6, 6.07) is 5.88. The number of carbonyl (C=O) groups excluding carboxylic acids is 1. The van der Waals surface area contributed by atoms with Crippen LogP contribution in [0.5, 0.6) is 0 Å². The molecule has 0 aliphatic heterocycles. The lowest BCUT2D eigenvalue weighted by atomic mass is 10.2. The van der Waals surface area contributed by atoms with Crippen LogP contribution in [0.15, 0.2) is 24.3 Å². The first-order chi connectivity index (χ1) is 7.60. The normalized spacial score (nSPS) is 10.5. The summed E-state index contributed by atoms with van der Waals surface area (Å²) < 4.78 is 0. The van der Waals surface area contributed by atoms with Gasteiger partial charge in [0.05, 0.1) is 6.04 Å². The number of alkyl halides is 2. The van der Waals surface area contributed by atoms with Gasteiger partial charge in [0.1, 0.15) is 6.09 Å². The van der Waals surface area contributed by atoms with Crippen LogP contribution in [0.2, 0.25) is 5.02 Å². The first-order valence-electron chi connectivity index (χ1n) is 4.48. The molecule has 0 saturated carbocycles. The molecule has 6 heteroatoms. The number of hydrogen-bond donors (Lipinski definition) is 0. The fraction of sp³-hybridized carbons (Fsp3) is 0.300. The summed E-state index contributed by atoms with van der Waals surface area (Å²) in [5.74, 6) is 0.175. The van der Waals surface area contributed by atoms with Crippen molar-refractivity contribution in [2.24, 2.45) is 0 Å². The first kappa shape index (κ1) is 13.4. The highest BCUT2D eigenvalue weighted by Crippen LogP contribution is 2.22. The number of anilines is 1. The van der Waals surface area contributed by atoms with Crippen molar-refractivity contribution in [3.63, 3.8) is 0 Å². The molecule has 1 rings (SSSR count). The third-order valence-electron chi connectivity index (χ3n) is 2.00. The van der Waals surface area contributed by atoms with E-state index in [2.05, 4.69) is 0 Å². The lowest BCUT2D eigenvalue weighted by Gasteiger charge is -2.31. The van der Waals surface area contributed by atoms with E-state index in [0.29, 0.717) is 10.7 Å². The molecule has 1 amide bonds. The highest BCUT2D eigenvalue weighted by atomic mass is 35.5. The molecule has 0 unspecified atom stereocenters. The Hall–Kier alpha value is -0.640. The van der Waals surface area contributed by atoms with Gasteiger partial charge in [-0.2, -0.15) is 0 Å². The third kappa shape index (κ3) is 3.17. The smallest absolute Gasteiger partial charge is 0.141 e. The van der Waals surface area contributed by atoms with Crippen molar-refractivity contribution < 1.29 is 9.90 Å². The average Bonchev–Trinajstić information content (AvgIpc) is 2.24. The molecule has 3 nitrogen and oxygen atoms in total. The molecule has 0 N–H and O–H groups in total. The molecule has 0 aromatic heterocycles. The zero-order valence-corrected chi connectivity index (χ0v) is 10.5. The maximum atomic E-state index is 11.0. The van der Waals surface area contributed by atoms with Crippen molar-refractivity contribution >= 4 is 46.6 Å². The van der Waals surface area contributed by atoms with Crippen LogP contribution >= 0.6 is 34.8 Å². The van der Waals surface area contributed by atoms with E-state index in [1.807, 2.05) is 0 Å². The van der Waals surface area contributed by atoms with Crippen LogP contribution in [0, 0.1) is 0 Å². The van der Waals surface area contributed by atoms with Gasteiger partial charge in [0.2, 0.25) is 0 Å². The summed E-state index contributed by atoms with van der Waals surface area (Å²) >= 11 is 17.1. The summed E-state index contributed by atoms with van der Waals surface area (Å²) in [5, 5.41) is 11.5. The minimum Gasteiger partial charge on any atom is -0.530 e. The maximum Gasteiger partial charge on any atom is 0.141 e. The predicted octanol–water partition coefficient (Wildman–Crippen LogP) is 2.34. The highest BCUT2D eigenvalue weighted by Gasteiger charge is 2.18. The topological polar surface area (TPSA) is 43.4 Å². The maximum absolute atomic E-state index is 11.0. The van der Waals surface area contributed by atoms with E-state index in [9.17, 15) is 9.90 Å². The van der Waals surface area contributed by atoms with Gasteiger partial charge < -0.3 is 14.8 Å². The summed E-state index contributed by atoms with van der Waals surface area (Å²) in [7, 11) is 0. The fourth-order valence-electron chi connectivity index (χ4n) is 1.27. The van der Waals surface area contributed by atoms with E-state index in [-0.39, 0.29) is 11.8 Å². The van der Waals surface area contributed by atoms with Gasteiger partial charge in [0.15, 0.2) is 0 Å². The third-order valence-corrected chi connectivity index (χ3v) is 2.95. The Bertz CT molecular complexity index is 369. The number of nitrogens with zero attached hydrogens (tertiary/aromatic N) is 1. The SMILES string of the molecule is O=C([O-])N(c1cccc(Cl)c1)C(CCl)CCl. The number of carboxylic acid groups (broad SMARTS) is 1. The molecule has 0 spiro atoms. The molecular weight excluding hydrogens is 272 g/mol. The minimum atomic E-state index is -1.35. The summed E-state index contributed by atoms with van der Waals surface area (Å²) in [4.78, 5) is 12.0. The second kappa shape index (κ2) is 6.18. The molecule has 0 aliphatic carbocycles. The van der Waals surface area contributed by atoms with Crippen LogP contribution in [0.3, 0.4) is 0 Å². The molecule has 0 radical (unpaired) electrons. The Morgan fingerprint density at radius 2 is 2.00 bits per heavy atom. The molecule has 1 aromatic rings. The second-order valence-corrected chi connectivity index (χ2v) is 4.13. The van der Waals surface area contributed by atoms with Crippen LogP contribution in [0.25, 0.3) is 0 Å². The van der Waals surface area contributed by atoms with E-state index in [1.54, 1.807) is 18.2 Å². The zero-order chi connectivity index (χ0) is 12.1. The van der Waals surface area contributed by atoms with E-state index in [1.165, 1.54) is 6.07 Å². The molecule has 0 fully saturated rings. The summed E-state index contributed by atoms with van der Waals surface area (Å²) in [5.41, 5.74) is 0.402. The predicted molar refractivity (Wildman–Crippen MR) is 64.6 cm³/mol. The largest absolute Gasteiger partial charge is 0.530 e. The standard InChI is InChI=1S/C10H10Cl3NO2/c11-5-9(6-12)14(10(15)16)8-3-1-2-7(13)4-8/h1-4,9H,5-6H2,(H,15,16)/p-1. The molecule has 0 saturated heterocycles. The monoisotopic (exact) mass is 280 g/mol. The molecule has 16 heavy (non-hydrogen) atoms. The van der Waals surface area contributed by atoms with Crippen molar-refractivity contribution in [2.75, 3.05) is 16.7 Å². The molecule has 0 bridgehead atoms. The Labute approximate surface area is 109 Å². The highest BCUT2D eigenvalue weighted by molar-refractivity contribution is 6.31. The van der Waals surface area contributed by atoms with Gasteiger partial charge in [0.25, 0.3) is 0 Å². The van der Waals surface area contributed by atoms with Crippen LogP contribution in [0.4, 0.5) is 10.5 Å². The Morgan fingerprint density at radius 3 is 2.44 bits per heavy atom. The van der Waals surface area contributed by atoms with Gasteiger partial charge in [0, 0.05) is 22.5 Å². The fourth-order valence-corrected chi connectivity index (χ4v) is 2.06. The van der Waals surface area contributed by atoms with Crippen molar-refractivity contribution in [3.8, 4) is 0 Å². The van der Waals surface area contributed by atoms with E-state index < -0.39 is 12.1 Å². The minimum absolute atomic E-state index is 0.0873. The number of rotatable bonds is 4. The van der Waals surface area contributed by atoms with E-state index >= 15 is 0 Å². The van der Waals surface area contributed by atoms with Crippen molar-refractivity contribution in [1.82, 2.24) is 0 Å². The van der Waals surface area contributed by atoms with Crippen LogP contribution in [-0.2, 0) is 0 Å². The number of carbonyl (C=O) groups is 1. The number of hydrogen-bond acceptors (Lipinski definition) is 2. The second-order valence-electron chi connectivity index (χ2n) is 3.08. The van der Waals surface area contributed by atoms with Crippen molar-refractivity contribution in [1.29, 1.82) is 0 Å². The molecular formula is C10H9Cl3NO2-. The lowest BCUT2D eigenvalue weighted by molar-refractivity contribution is -0.246. The van der Waals surface area contributed by atoms with Crippen molar-refractivity contribution in [3.05, 3.63) is 29.3 Å². The first-order valence-corrected chi connectivity index (χ1v) is 5.92. The van der Waals surface area contributed by atoms with Gasteiger partial charge in [-0.15, -0.1) is 23.2 Å². The number of amides is 1. The molecule has 0 heterocycles. The van der Waals surface area contributed by atoms with Crippen LogP contribution < -0.4 is 10.0 Å². The molecule has 88 valence electrons. The average molecular weight is 282 g/mol. The van der Waals surface area contributed by atoms with Gasteiger partial charge in [-0.3, -0.25) is 0 Å². The number of halogens is 3. The molecule has 0 atom stereocenters. The van der Waals surface area contributed by atoms with Gasteiger partial charge in [-0.05, 0) is 18.2 Å². The molecule has 0 aliphatic rings. The quantitative estimate of drug-likeness (QED) is 0.795. The van der Waals surface area contributed by atoms with Gasteiger partial charge in [-0.1, -0.05) is 17.7 Å². The summed E-state index contributed by atoms with van der Waals surface area (Å²) in [6.45, 7) is 0. The van der Waals surface area contributed by atoms with Crippen LogP contribution in [-0.4, -0.2) is 23.9 Å². The Morgan fingerprint density at radius 1 is 1.38 bits per heavy atom. The number of benzene rings is 1. The lowest BCUT2D eigenvalue weighted by Crippen LogP contribution is -2.49. The van der Waals surface area contributed by atoms with E-state index in [4.69, 9.17) is 34.8 Å². The van der Waals surface area contributed by atoms with E-state index in [0.717, 1.165) is 4.90 Å². The Kier molecular flexibility index (Phi) is 5.19. The van der Waals surface area contributed by atoms with Crippen LogP contribution in [0.1, 0.15) is 0 Å². The molecule has 1 aromatic carbocycles. The van der Waals surface area contributed by atoms with Crippen molar-refractivity contribution in [2.45, 2.75) is 6.04 Å². The summed E-state index contributed by atoms with van der Waals surface area (Å²) in [6.07, 6.45) is -1.35.